The molecule has 0 fully saturated rings. The molecule has 0 heterocycles. The molecule has 1 rings (SSSR count). The van der Waals surface area contributed by atoms with Crippen LogP contribution >= 0.6 is 0 Å². The molecule has 1 aromatic carbocycles. The van der Waals surface area contributed by atoms with E-state index in [4.69, 9.17) is 16.3 Å². The van der Waals surface area contributed by atoms with Crippen molar-refractivity contribution in [3.63, 3.8) is 0 Å². The van der Waals surface area contributed by atoms with Gasteiger partial charge in [-0.05, 0) is 12.5 Å². The fourth-order valence-electron chi connectivity index (χ4n) is 1.15. The van der Waals surface area contributed by atoms with Crippen LogP contribution in [0.1, 0.15) is 11.1 Å². The molecule has 4 heteroatoms. The van der Waals surface area contributed by atoms with Gasteiger partial charge in [0.05, 0.1) is 0 Å². The van der Waals surface area contributed by atoms with Gasteiger partial charge in [-0.25, -0.2) is 0 Å². The first kappa shape index (κ1) is 11.6. The Bertz CT molecular complexity index is 471. The number of nitrogens with zero attached hydrogens (tertiary/aromatic N) is 2. The van der Waals surface area contributed by atoms with E-state index >= 15 is 0 Å². The molecule has 0 spiro atoms. The minimum atomic E-state index is -0.0883. The second kappa shape index (κ2) is 5.43. The smallest absolute Gasteiger partial charge is 0.148 e. The molecular formula is C12H12N4. The van der Waals surface area contributed by atoms with E-state index < -0.39 is 0 Å². The van der Waals surface area contributed by atoms with E-state index in [1.165, 1.54) is 5.56 Å². The fraction of sp³-hybridized carbons (Fsp3) is 0.167. The van der Waals surface area contributed by atoms with E-state index in [0.717, 1.165) is 5.56 Å². The third-order valence-electron chi connectivity index (χ3n) is 2.09. The minimum absolute atomic E-state index is 0.0883. The SMILES string of the molecule is Cc1ccc(CNC(C#N)=C(N)C#N)cc1. The topological polar surface area (TPSA) is 85.6 Å². The maximum atomic E-state index is 8.75. The molecule has 0 aliphatic carbocycles. The number of benzene rings is 1. The van der Waals surface area contributed by atoms with Crippen molar-refractivity contribution in [1.82, 2.24) is 5.32 Å². The third kappa shape index (κ3) is 3.04. The molecule has 0 radical (unpaired) electrons. The van der Waals surface area contributed by atoms with Gasteiger partial charge in [0.2, 0.25) is 0 Å². The minimum Gasteiger partial charge on any atom is -0.388 e. The van der Waals surface area contributed by atoms with E-state index in [9.17, 15) is 0 Å². The summed E-state index contributed by atoms with van der Waals surface area (Å²) in [6.07, 6.45) is 0. The first-order chi connectivity index (χ1) is 7.67. The molecule has 4 nitrogen and oxygen atoms in total. The highest BCUT2D eigenvalue weighted by molar-refractivity contribution is 5.33. The van der Waals surface area contributed by atoms with Crippen LogP contribution in [0.3, 0.4) is 0 Å². The lowest BCUT2D eigenvalue weighted by Crippen LogP contribution is -2.16. The third-order valence-corrected chi connectivity index (χ3v) is 2.09. The zero-order valence-electron chi connectivity index (χ0n) is 8.99. The van der Waals surface area contributed by atoms with Crippen LogP contribution in [-0.2, 0) is 6.54 Å². The number of nitriles is 2. The normalized spacial score (nSPS) is 10.9. The molecule has 0 amide bonds. The van der Waals surface area contributed by atoms with Crippen molar-refractivity contribution >= 4 is 0 Å². The quantitative estimate of drug-likeness (QED) is 0.739. The molecule has 16 heavy (non-hydrogen) atoms. The van der Waals surface area contributed by atoms with E-state index in [0.29, 0.717) is 6.54 Å². The summed E-state index contributed by atoms with van der Waals surface area (Å²) in [5.41, 5.74) is 7.58. The maximum absolute atomic E-state index is 8.75. The number of aryl methyl sites for hydroxylation is 1. The first-order valence-electron chi connectivity index (χ1n) is 4.76. The summed E-state index contributed by atoms with van der Waals surface area (Å²) >= 11 is 0. The Hall–Kier alpha value is -2.46. The molecule has 0 unspecified atom stereocenters. The van der Waals surface area contributed by atoms with Crippen LogP contribution < -0.4 is 11.1 Å². The van der Waals surface area contributed by atoms with Gasteiger partial charge in [0.15, 0.2) is 0 Å². The van der Waals surface area contributed by atoms with Crippen LogP contribution in [0.2, 0.25) is 0 Å². The van der Waals surface area contributed by atoms with Gasteiger partial charge in [-0.3, -0.25) is 0 Å². The van der Waals surface area contributed by atoms with Crippen LogP contribution in [0.5, 0.6) is 0 Å². The molecule has 0 atom stereocenters. The van der Waals surface area contributed by atoms with Crippen molar-refractivity contribution in [2.75, 3.05) is 0 Å². The molecule has 0 saturated carbocycles. The van der Waals surface area contributed by atoms with Crippen molar-refractivity contribution < 1.29 is 0 Å². The van der Waals surface area contributed by atoms with E-state index in [1.54, 1.807) is 6.07 Å². The zero-order valence-corrected chi connectivity index (χ0v) is 8.99. The highest BCUT2D eigenvalue weighted by Gasteiger charge is 2.01. The van der Waals surface area contributed by atoms with Crippen LogP contribution in [-0.4, -0.2) is 0 Å². The van der Waals surface area contributed by atoms with Crippen LogP contribution in [0, 0.1) is 29.6 Å². The molecule has 0 bridgehead atoms. The summed E-state index contributed by atoms with van der Waals surface area (Å²) < 4.78 is 0. The molecule has 0 saturated heterocycles. The fourth-order valence-corrected chi connectivity index (χ4v) is 1.15. The Balaban J connectivity index is 2.69. The van der Waals surface area contributed by atoms with Crippen molar-refractivity contribution in [3.05, 3.63) is 46.8 Å². The van der Waals surface area contributed by atoms with Gasteiger partial charge < -0.3 is 11.1 Å². The second-order valence-electron chi connectivity index (χ2n) is 3.35. The number of nitrogens with two attached hydrogens (primary N) is 1. The summed E-state index contributed by atoms with van der Waals surface area (Å²) in [6, 6.07) is 11.5. The van der Waals surface area contributed by atoms with Crippen LogP contribution in [0.4, 0.5) is 0 Å². The number of hydrogen-bond donors (Lipinski definition) is 2. The van der Waals surface area contributed by atoms with Gasteiger partial charge in [-0.2, -0.15) is 10.5 Å². The largest absolute Gasteiger partial charge is 0.388 e. The average Bonchev–Trinajstić information content (AvgIpc) is 2.31. The maximum Gasteiger partial charge on any atom is 0.148 e. The van der Waals surface area contributed by atoms with Crippen LogP contribution in [0.15, 0.2) is 35.7 Å². The highest BCUT2D eigenvalue weighted by Crippen LogP contribution is 2.03. The lowest BCUT2D eigenvalue weighted by Gasteiger charge is -2.05. The monoisotopic (exact) mass is 212 g/mol. The van der Waals surface area contributed by atoms with Gasteiger partial charge in [0.1, 0.15) is 23.5 Å². The number of nitrogens with one attached hydrogen (secondary N) is 1. The molecule has 0 aliphatic rings. The molecule has 0 aromatic heterocycles. The first-order valence-corrected chi connectivity index (χ1v) is 4.76. The van der Waals surface area contributed by atoms with Crippen molar-refractivity contribution in [1.29, 1.82) is 10.5 Å². The predicted molar refractivity (Wildman–Crippen MR) is 60.5 cm³/mol. The Morgan fingerprint density at radius 3 is 2.38 bits per heavy atom. The summed E-state index contributed by atoms with van der Waals surface area (Å²) in [5, 5.41) is 20.1. The van der Waals surface area contributed by atoms with Gasteiger partial charge in [0, 0.05) is 6.54 Å². The lowest BCUT2D eigenvalue weighted by molar-refractivity contribution is 0.827. The lowest BCUT2D eigenvalue weighted by atomic mass is 10.1. The Morgan fingerprint density at radius 1 is 1.25 bits per heavy atom. The number of rotatable bonds is 3. The number of hydrogen-bond acceptors (Lipinski definition) is 4. The van der Waals surface area contributed by atoms with Crippen molar-refractivity contribution in [2.45, 2.75) is 13.5 Å². The van der Waals surface area contributed by atoms with E-state index in [-0.39, 0.29) is 11.4 Å². The average molecular weight is 212 g/mol. The van der Waals surface area contributed by atoms with Gasteiger partial charge in [-0.15, -0.1) is 0 Å². The Kier molecular flexibility index (Phi) is 3.94. The van der Waals surface area contributed by atoms with Gasteiger partial charge in [-0.1, -0.05) is 29.8 Å². The summed E-state index contributed by atoms with van der Waals surface area (Å²) in [5.74, 6) is 0. The van der Waals surface area contributed by atoms with Gasteiger partial charge >= 0.3 is 0 Å². The Morgan fingerprint density at radius 2 is 1.88 bits per heavy atom. The summed E-state index contributed by atoms with van der Waals surface area (Å²) in [6.45, 7) is 2.48. The summed E-state index contributed by atoms with van der Waals surface area (Å²) in [7, 11) is 0. The molecule has 0 aliphatic heterocycles. The van der Waals surface area contributed by atoms with E-state index in [1.807, 2.05) is 37.3 Å². The standard InChI is InChI=1S/C12H12N4/c1-9-2-4-10(5-3-9)8-16-12(7-14)11(15)6-13/h2-5,16H,8,15H2,1H3. The second-order valence-corrected chi connectivity index (χ2v) is 3.35. The Labute approximate surface area is 94.6 Å². The molecule has 80 valence electrons. The highest BCUT2D eigenvalue weighted by atomic mass is 14.9. The zero-order chi connectivity index (χ0) is 12.0. The van der Waals surface area contributed by atoms with Crippen molar-refractivity contribution in [2.24, 2.45) is 5.73 Å². The molecule has 1 aromatic rings. The predicted octanol–water partition coefficient (Wildman–Crippen LogP) is 1.30. The summed E-state index contributed by atoms with van der Waals surface area (Å²) in [4.78, 5) is 0. The number of allylic oxidation sites excluding steroid dienone is 2. The van der Waals surface area contributed by atoms with E-state index in [2.05, 4.69) is 5.32 Å². The van der Waals surface area contributed by atoms with Crippen LogP contribution in [0.25, 0.3) is 0 Å². The van der Waals surface area contributed by atoms with Crippen molar-refractivity contribution in [3.8, 4) is 12.1 Å². The van der Waals surface area contributed by atoms with Gasteiger partial charge in [0.25, 0.3) is 0 Å². The molecule has 3 N–H and O–H groups in total. The molecular weight excluding hydrogens is 200 g/mol.